The van der Waals surface area contributed by atoms with Gasteiger partial charge in [0.1, 0.15) is 23.9 Å². The van der Waals surface area contributed by atoms with Crippen LogP contribution in [0.2, 0.25) is 10.0 Å². The molecule has 1 aliphatic heterocycles. The van der Waals surface area contributed by atoms with Gasteiger partial charge in [-0.1, -0.05) is 53.5 Å². The lowest BCUT2D eigenvalue weighted by molar-refractivity contribution is 0.112. The lowest BCUT2D eigenvalue weighted by Crippen LogP contribution is -2.34. The average Bonchev–Trinajstić information content (AvgIpc) is 2.88. The Bertz CT molecular complexity index is 1230. The predicted molar refractivity (Wildman–Crippen MR) is 145 cm³/mol. The van der Waals surface area contributed by atoms with Gasteiger partial charge >= 0.3 is 0 Å². The number of hydrogen-bond acceptors (Lipinski definition) is 5. The quantitative estimate of drug-likeness (QED) is 0.278. The summed E-state index contributed by atoms with van der Waals surface area (Å²) in [6.07, 6.45) is 3.08. The van der Waals surface area contributed by atoms with Crippen LogP contribution in [0, 0.1) is 12.8 Å². The molecule has 4 rings (SSSR count). The van der Waals surface area contributed by atoms with E-state index in [1.807, 2.05) is 37.3 Å². The molecule has 0 aliphatic carbocycles. The maximum atomic E-state index is 11.2. The molecule has 0 amide bonds. The van der Waals surface area contributed by atoms with E-state index in [9.17, 15) is 4.79 Å². The monoisotopic (exact) mass is 527 g/mol. The van der Waals surface area contributed by atoms with Crippen molar-refractivity contribution in [3.05, 3.63) is 75.3 Å². The van der Waals surface area contributed by atoms with Crippen LogP contribution >= 0.6 is 23.2 Å². The normalized spacial score (nSPS) is 16.0. The van der Waals surface area contributed by atoms with Crippen molar-refractivity contribution in [3.8, 4) is 28.4 Å². The largest absolute Gasteiger partial charge is 0.496 e. The average molecular weight is 528 g/mol. The van der Waals surface area contributed by atoms with Gasteiger partial charge in [-0.15, -0.1) is 0 Å². The smallest absolute Gasteiger partial charge is 0.153 e. The molecule has 0 aromatic heterocycles. The molecule has 5 nitrogen and oxygen atoms in total. The highest BCUT2D eigenvalue weighted by atomic mass is 35.5. The van der Waals surface area contributed by atoms with Crippen LogP contribution in [0.5, 0.6) is 17.2 Å². The Morgan fingerprint density at radius 2 is 1.81 bits per heavy atom. The number of hydrogen-bond donors (Lipinski definition) is 0. The van der Waals surface area contributed by atoms with Gasteiger partial charge in [-0.25, -0.2) is 0 Å². The molecule has 7 heteroatoms. The van der Waals surface area contributed by atoms with Crippen molar-refractivity contribution in [2.24, 2.45) is 5.92 Å². The van der Waals surface area contributed by atoms with Crippen LogP contribution in [-0.2, 0) is 6.61 Å². The summed E-state index contributed by atoms with van der Waals surface area (Å²) in [4.78, 5) is 13.6. The third-order valence-electron chi connectivity index (χ3n) is 6.69. The number of nitrogens with zero attached hydrogens (tertiary/aromatic N) is 1. The lowest BCUT2D eigenvalue weighted by Gasteiger charge is -2.29. The molecule has 1 saturated heterocycles. The summed E-state index contributed by atoms with van der Waals surface area (Å²) in [5.74, 6) is 2.08. The molecule has 190 valence electrons. The first-order valence-corrected chi connectivity index (χ1v) is 12.8. The van der Waals surface area contributed by atoms with Crippen LogP contribution in [0.4, 0.5) is 0 Å². The molecule has 1 fully saturated rings. The van der Waals surface area contributed by atoms with Gasteiger partial charge in [-0.05, 0) is 62.2 Å². The van der Waals surface area contributed by atoms with Crippen molar-refractivity contribution >= 4 is 29.5 Å². The highest BCUT2D eigenvalue weighted by molar-refractivity contribution is 6.35. The molecule has 0 saturated carbocycles. The fourth-order valence-electron chi connectivity index (χ4n) is 4.66. The Labute approximate surface area is 222 Å². The Morgan fingerprint density at radius 1 is 1.03 bits per heavy atom. The number of methoxy groups -OCH3 is 1. The van der Waals surface area contributed by atoms with Gasteiger partial charge in [-0.3, -0.25) is 4.79 Å². The van der Waals surface area contributed by atoms with Gasteiger partial charge < -0.3 is 19.1 Å². The number of halogens is 2. The maximum Gasteiger partial charge on any atom is 0.153 e. The Morgan fingerprint density at radius 3 is 2.56 bits per heavy atom. The van der Waals surface area contributed by atoms with Crippen molar-refractivity contribution < 1.29 is 19.0 Å². The number of carbonyl (C=O) groups is 1. The topological polar surface area (TPSA) is 48.0 Å². The van der Waals surface area contributed by atoms with Crippen molar-refractivity contribution in [1.82, 2.24) is 4.90 Å². The van der Waals surface area contributed by atoms with Crippen molar-refractivity contribution in [1.29, 1.82) is 0 Å². The summed E-state index contributed by atoms with van der Waals surface area (Å²) < 4.78 is 17.5. The van der Waals surface area contributed by atoms with E-state index in [4.69, 9.17) is 37.4 Å². The molecule has 1 atom stereocenters. The third kappa shape index (κ3) is 5.97. The Balaban J connectivity index is 1.52. The Kier molecular flexibility index (Phi) is 8.78. The molecule has 1 heterocycles. The first kappa shape index (κ1) is 26.3. The fraction of sp³-hybridized carbons (Fsp3) is 0.345. The van der Waals surface area contributed by atoms with Gasteiger partial charge in [0.2, 0.25) is 0 Å². The van der Waals surface area contributed by atoms with E-state index in [0.29, 0.717) is 58.3 Å². The van der Waals surface area contributed by atoms with E-state index in [-0.39, 0.29) is 0 Å². The van der Waals surface area contributed by atoms with Gasteiger partial charge in [-0.2, -0.15) is 0 Å². The molecule has 0 N–H and O–H groups in total. The van der Waals surface area contributed by atoms with Crippen molar-refractivity contribution in [2.75, 3.05) is 33.9 Å². The lowest BCUT2D eigenvalue weighted by atomic mass is 9.96. The second-order valence-electron chi connectivity index (χ2n) is 9.22. The molecule has 1 unspecified atom stereocenters. The molecule has 1 aliphatic rings. The molecule has 0 bridgehead atoms. The fourth-order valence-corrected chi connectivity index (χ4v) is 5.17. The van der Waals surface area contributed by atoms with Gasteiger partial charge in [0, 0.05) is 24.1 Å². The number of aldehydes is 1. The zero-order chi connectivity index (χ0) is 25.7. The molecular weight excluding hydrogens is 497 g/mol. The predicted octanol–water partition coefficient (Wildman–Crippen LogP) is 7.09. The number of ether oxygens (including phenoxy) is 3. The summed E-state index contributed by atoms with van der Waals surface area (Å²) in [7, 11) is 3.66. The number of benzene rings is 3. The van der Waals surface area contributed by atoms with Crippen LogP contribution in [0.25, 0.3) is 11.1 Å². The SMILES string of the molecule is COc1cc(OCc2cccc(-c3cccc(OCC4CCCN(C)C4)c3Cl)c2C)c(Cl)cc1C=O. The van der Waals surface area contributed by atoms with Crippen LogP contribution < -0.4 is 14.2 Å². The van der Waals surface area contributed by atoms with E-state index in [2.05, 4.69) is 18.0 Å². The first-order chi connectivity index (χ1) is 17.4. The molecular formula is C29H31Cl2NO4. The number of rotatable bonds is 9. The second-order valence-corrected chi connectivity index (χ2v) is 10.0. The minimum absolute atomic E-state index is 0.298. The molecule has 0 spiro atoms. The zero-order valence-electron chi connectivity index (χ0n) is 20.9. The van der Waals surface area contributed by atoms with Crippen LogP contribution in [0.1, 0.15) is 34.3 Å². The number of likely N-dealkylation sites (tertiary alicyclic amines) is 1. The number of carbonyl (C=O) groups excluding carboxylic acids is 1. The van der Waals surface area contributed by atoms with Gasteiger partial charge in [0.05, 0.1) is 29.3 Å². The molecule has 0 radical (unpaired) electrons. The van der Waals surface area contributed by atoms with Gasteiger partial charge in [0.15, 0.2) is 6.29 Å². The van der Waals surface area contributed by atoms with E-state index in [1.165, 1.54) is 20.0 Å². The highest BCUT2D eigenvalue weighted by Crippen LogP contribution is 2.38. The summed E-state index contributed by atoms with van der Waals surface area (Å²) in [6, 6.07) is 15.1. The Hall–Kier alpha value is -2.73. The van der Waals surface area contributed by atoms with Crippen LogP contribution in [0.3, 0.4) is 0 Å². The van der Waals surface area contributed by atoms with E-state index >= 15 is 0 Å². The maximum absolute atomic E-state index is 11.2. The van der Waals surface area contributed by atoms with E-state index in [1.54, 1.807) is 12.1 Å². The van der Waals surface area contributed by atoms with Crippen molar-refractivity contribution in [2.45, 2.75) is 26.4 Å². The second kappa shape index (κ2) is 12.0. The third-order valence-corrected chi connectivity index (χ3v) is 7.38. The summed E-state index contributed by atoms with van der Waals surface area (Å²) in [5.41, 5.74) is 4.36. The molecule has 36 heavy (non-hydrogen) atoms. The summed E-state index contributed by atoms with van der Waals surface area (Å²) in [5, 5.41) is 0.962. The highest BCUT2D eigenvalue weighted by Gasteiger charge is 2.19. The zero-order valence-corrected chi connectivity index (χ0v) is 22.4. The molecule has 3 aromatic carbocycles. The van der Waals surface area contributed by atoms with Crippen LogP contribution in [-0.4, -0.2) is 45.0 Å². The van der Waals surface area contributed by atoms with Gasteiger partial charge in [0.25, 0.3) is 0 Å². The van der Waals surface area contributed by atoms with Crippen molar-refractivity contribution in [3.63, 3.8) is 0 Å². The van der Waals surface area contributed by atoms with E-state index in [0.717, 1.165) is 35.3 Å². The van der Waals surface area contributed by atoms with Crippen LogP contribution in [0.15, 0.2) is 48.5 Å². The molecule has 3 aromatic rings. The van der Waals surface area contributed by atoms with E-state index < -0.39 is 0 Å². The minimum Gasteiger partial charge on any atom is -0.496 e. The first-order valence-electron chi connectivity index (χ1n) is 12.1. The number of piperidine rings is 1. The standard InChI is InChI=1S/C29H31Cl2NO4/c1-19-21(18-36-28-14-27(34-3)22(16-33)13-25(28)30)8-4-9-23(19)24-10-5-11-26(29(24)31)35-17-20-7-6-12-32(2)15-20/h4-5,8-11,13-14,16,20H,6-7,12,15,17-18H2,1-3H3. The minimum atomic E-state index is 0.298. The summed E-state index contributed by atoms with van der Waals surface area (Å²) >= 11 is 13.2. The summed E-state index contributed by atoms with van der Waals surface area (Å²) in [6.45, 7) is 5.20.